The molecule has 0 aromatic rings. The van der Waals surface area contributed by atoms with Gasteiger partial charge in [-0.2, -0.15) is 0 Å². The minimum absolute atomic E-state index is 0.718. The van der Waals surface area contributed by atoms with Gasteiger partial charge in [0.25, 0.3) is 0 Å². The molecule has 2 N–H and O–H groups in total. The molecule has 20 heavy (non-hydrogen) atoms. The van der Waals surface area contributed by atoms with Crippen LogP contribution in [0.1, 0.15) is 58.8 Å². The summed E-state index contributed by atoms with van der Waals surface area (Å²) in [6.45, 7) is 10.6. The number of piperazine rings is 1. The molecule has 1 saturated carbocycles. The van der Waals surface area contributed by atoms with E-state index in [4.69, 9.17) is 5.73 Å². The van der Waals surface area contributed by atoms with Crippen LogP contribution in [0.5, 0.6) is 0 Å². The van der Waals surface area contributed by atoms with Crippen molar-refractivity contribution in [1.82, 2.24) is 9.80 Å². The molecule has 2 fully saturated rings. The molecule has 0 radical (unpaired) electrons. The van der Waals surface area contributed by atoms with E-state index in [1.807, 2.05) is 0 Å². The van der Waals surface area contributed by atoms with Gasteiger partial charge in [-0.15, -0.1) is 0 Å². The van der Waals surface area contributed by atoms with Crippen molar-refractivity contribution >= 4 is 0 Å². The van der Waals surface area contributed by atoms with Crippen molar-refractivity contribution in [1.29, 1.82) is 0 Å². The van der Waals surface area contributed by atoms with Crippen LogP contribution in [0, 0.1) is 5.92 Å². The zero-order valence-corrected chi connectivity index (χ0v) is 13.7. The Morgan fingerprint density at radius 2 is 1.75 bits per heavy atom. The first kappa shape index (κ1) is 16.3. The molecule has 2 aliphatic rings. The minimum atomic E-state index is 0.718. The van der Waals surface area contributed by atoms with Crippen LogP contribution < -0.4 is 5.73 Å². The van der Waals surface area contributed by atoms with Gasteiger partial charge in [-0.25, -0.2) is 0 Å². The standard InChI is InChI=1S/C17H35N3/c1-3-15-7-5-6-8-17(15)20-13-11-19(12-14-20)16(4-2)9-10-18/h15-17H,3-14,18H2,1-2H3. The molecule has 0 spiro atoms. The largest absolute Gasteiger partial charge is 0.330 e. The van der Waals surface area contributed by atoms with Gasteiger partial charge < -0.3 is 5.73 Å². The maximum Gasteiger partial charge on any atom is 0.0124 e. The van der Waals surface area contributed by atoms with Gasteiger partial charge in [-0.1, -0.05) is 33.1 Å². The SMILES string of the molecule is CCC1CCCCC1N1CCN(C(CC)CCN)CC1. The summed E-state index contributed by atoms with van der Waals surface area (Å²) in [4.78, 5) is 5.49. The van der Waals surface area contributed by atoms with Crippen LogP contribution in [0.3, 0.4) is 0 Å². The highest BCUT2D eigenvalue weighted by Crippen LogP contribution is 2.31. The fourth-order valence-electron chi connectivity index (χ4n) is 4.42. The molecule has 1 saturated heterocycles. The zero-order chi connectivity index (χ0) is 14.4. The Kier molecular flexibility index (Phi) is 6.79. The van der Waals surface area contributed by atoms with Crippen LogP contribution in [0.15, 0.2) is 0 Å². The zero-order valence-electron chi connectivity index (χ0n) is 13.7. The van der Waals surface area contributed by atoms with Gasteiger partial charge in [0.2, 0.25) is 0 Å². The van der Waals surface area contributed by atoms with Crippen LogP contribution >= 0.6 is 0 Å². The Morgan fingerprint density at radius 1 is 1.05 bits per heavy atom. The van der Waals surface area contributed by atoms with Crippen molar-refractivity contribution < 1.29 is 0 Å². The van der Waals surface area contributed by atoms with Crippen LogP contribution in [-0.4, -0.2) is 54.6 Å². The van der Waals surface area contributed by atoms with Crippen molar-refractivity contribution in [2.45, 2.75) is 70.9 Å². The molecule has 3 heteroatoms. The number of hydrogen-bond acceptors (Lipinski definition) is 3. The van der Waals surface area contributed by atoms with Gasteiger partial charge in [0.15, 0.2) is 0 Å². The molecular weight excluding hydrogens is 246 g/mol. The Bertz CT molecular complexity index is 261. The van der Waals surface area contributed by atoms with E-state index in [-0.39, 0.29) is 0 Å². The predicted octanol–water partition coefficient (Wildman–Crippen LogP) is 2.70. The van der Waals surface area contributed by atoms with Crippen LogP contribution in [0.4, 0.5) is 0 Å². The van der Waals surface area contributed by atoms with E-state index in [2.05, 4.69) is 23.6 Å². The van der Waals surface area contributed by atoms with Crippen molar-refractivity contribution in [3.05, 3.63) is 0 Å². The molecule has 1 aliphatic heterocycles. The van der Waals surface area contributed by atoms with Gasteiger partial charge in [0.1, 0.15) is 0 Å². The second-order valence-electron chi connectivity index (χ2n) is 6.73. The molecule has 118 valence electrons. The monoisotopic (exact) mass is 281 g/mol. The van der Waals surface area contributed by atoms with Crippen molar-refractivity contribution in [2.24, 2.45) is 11.7 Å². The van der Waals surface area contributed by atoms with Crippen LogP contribution in [0.2, 0.25) is 0 Å². The molecule has 0 amide bonds. The first-order valence-electron chi connectivity index (χ1n) is 8.98. The average molecular weight is 281 g/mol. The van der Waals surface area contributed by atoms with E-state index >= 15 is 0 Å². The number of nitrogens with zero attached hydrogens (tertiary/aromatic N) is 2. The fourth-order valence-corrected chi connectivity index (χ4v) is 4.42. The second kappa shape index (κ2) is 8.35. The highest BCUT2D eigenvalue weighted by molar-refractivity contribution is 4.87. The molecule has 3 atom stereocenters. The van der Waals surface area contributed by atoms with Crippen molar-refractivity contribution in [3.8, 4) is 0 Å². The third kappa shape index (κ3) is 3.96. The Hall–Kier alpha value is -0.120. The lowest BCUT2D eigenvalue weighted by Crippen LogP contribution is -2.55. The van der Waals surface area contributed by atoms with Crippen LogP contribution in [0.25, 0.3) is 0 Å². The molecule has 0 bridgehead atoms. The second-order valence-corrected chi connectivity index (χ2v) is 6.73. The third-order valence-corrected chi connectivity index (χ3v) is 5.70. The Morgan fingerprint density at radius 3 is 2.35 bits per heavy atom. The summed E-state index contributed by atoms with van der Waals surface area (Å²) in [5.74, 6) is 0.960. The lowest BCUT2D eigenvalue weighted by molar-refractivity contribution is 0.0306. The predicted molar refractivity (Wildman–Crippen MR) is 86.9 cm³/mol. The molecule has 3 nitrogen and oxygen atoms in total. The molecule has 1 aliphatic carbocycles. The number of nitrogens with two attached hydrogens (primary N) is 1. The molecule has 3 unspecified atom stereocenters. The molecule has 0 aromatic carbocycles. The smallest absolute Gasteiger partial charge is 0.0124 e. The highest BCUT2D eigenvalue weighted by atomic mass is 15.3. The lowest BCUT2D eigenvalue weighted by atomic mass is 9.81. The van der Waals surface area contributed by atoms with E-state index < -0.39 is 0 Å². The molecule has 0 aromatic heterocycles. The van der Waals surface area contributed by atoms with Gasteiger partial charge in [-0.3, -0.25) is 9.80 Å². The molecule has 2 rings (SSSR count). The van der Waals surface area contributed by atoms with E-state index in [9.17, 15) is 0 Å². The van der Waals surface area contributed by atoms with Gasteiger partial charge in [-0.05, 0) is 38.1 Å². The Balaban J connectivity index is 1.83. The van der Waals surface area contributed by atoms with Crippen molar-refractivity contribution in [3.63, 3.8) is 0 Å². The summed E-state index contributed by atoms with van der Waals surface area (Å²) >= 11 is 0. The average Bonchev–Trinajstić information content (AvgIpc) is 2.53. The quantitative estimate of drug-likeness (QED) is 0.812. The summed E-state index contributed by atoms with van der Waals surface area (Å²) in [5.41, 5.74) is 5.76. The summed E-state index contributed by atoms with van der Waals surface area (Å²) in [5, 5.41) is 0. The summed E-state index contributed by atoms with van der Waals surface area (Å²) in [7, 11) is 0. The summed E-state index contributed by atoms with van der Waals surface area (Å²) in [6, 6.07) is 1.60. The lowest BCUT2D eigenvalue weighted by Gasteiger charge is -2.45. The highest BCUT2D eigenvalue weighted by Gasteiger charge is 2.32. The number of hydrogen-bond donors (Lipinski definition) is 1. The normalized spacial score (nSPS) is 31.4. The van der Waals surface area contributed by atoms with Crippen molar-refractivity contribution in [2.75, 3.05) is 32.7 Å². The maximum absolute atomic E-state index is 5.76. The Labute approximate surface area is 125 Å². The van der Waals surface area contributed by atoms with E-state index in [0.717, 1.165) is 31.0 Å². The van der Waals surface area contributed by atoms with Gasteiger partial charge >= 0.3 is 0 Å². The topological polar surface area (TPSA) is 32.5 Å². The first-order valence-corrected chi connectivity index (χ1v) is 8.98. The number of rotatable bonds is 6. The minimum Gasteiger partial charge on any atom is -0.330 e. The maximum atomic E-state index is 5.76. The van der Waals surface area contributed by atoms with Gasteiger partial charge in [0.05, 0.1) is 0 Å². The summed E-state index contributed by atoms with van der Waals surface area (Å²) in [6.07, 6.45) is 9.60. The van der Waals surface area contributed by atoms with E-state index in [0.29, 0.717) is 0 Å². The van der Waals surface area contributed by atoms with Gasteiger partial charge in [0, 0.05) is 38.3 Å². The molecular formula is C17H35N3. The first-order chi connectivity index (χ1) is 9.80. The van der Waals surface area contributed by atoms with E-state index in [1.54, 1.807) is 0 Å². The van der Waals surface area contributed by atoms with Crippen LogP contribution in [-0.2, 0) is 0 Å². The summed E-state index contributed by atoms with van der Waals surface area (Å²) < 4.78 is 0. The fraction of sp³-hybridized carbons (Fsp3) is 1.00. The molecule has 1 heterocycles. The van der Waals surface area contributed by atoms with E-state index in [1.165, 1.54) is 64.7 Å². The third-order valence-electron chi connectivity index (χ3n) is 5.70.